The zero-order chi connectivity index (χ0) is 14.7. The Morgan fingerprint density at radius 3 is 1.71 bits per heavy atom. The molecule has 0 spiro atoms. The number of halogens is 1. The Bertz CT molecular complexity index is 764. The zero-order valence-electron chi connectivity index (χ0n) is 11.2. The van der Waals surface area contributed by atoms with Crippen molar-refractivity contribution in [2.24, 2.45) is 5.18 Å². The molecule has 102 valence electrons. The maximum Gasteiger partial charge on any atom is 0.108 e. The molecule has 0 unspecified atom stereocenters. The molecule has 21 heavy (non-hydrogen) atoms. The monoisotopic (exact) mass is 337 g/mol. The van der Waals surface area contributed by atoms with E-state index in [1.165, 1.54) is 11.1 Å². The fourth-order valence-electron chi connectivity index (χ4n) is 2.24. The van der Waals surface area contributed by atoms with E-state index in [1.54, 1.807) is 12.1 Å². The number of rotatable bonds is 3. The molecule has 0 fully saturated rings. The molecule has 0 atom stereocenters. The van der Waals surface area contributed by atoms with E-state index in [1.807, 2.05) is 24.3 Å². The van der Waals surface area contributed by atoms with Gasteiger partial charge in [0.1, 0.15) is 5.69 Å². The molecule has 0 saturated heterocycles. The van der Waals surface area contributed by atoms with Crippen molar-refractivity contribution in [3.05, 3.63) is 82.2 Å². The summed E-state index contributed by atoms with van der Waals surface area (Å²) in [5.74, 6) is 0. The molecular formula is C18H12BrNO. The van der Waals surface area contributed by atoms with Gasteiger partial charge in [0.05, 0.1) is 0 Å². The maximum atomic E-state index is 10.4. The predicted octanol–water partition coefficient (Wildman–Crippen LogP) is 6.18. The van der Waals surface area contributed by atoms with E-state index in [2.05, 4.69) is 57.5 Å². The van der Waals surface area contributed by atoms with Gasteiger partial charge >= 0.3 is 0 Å². The molecule has 2 nitrogen and oxygen atoms in total. The molecular weight excluding hydrogens is 326 g/mol. The fraction of sp³-hybridized carbons (Fsp3) is 0. The third-order valence-corrected chi connectivity index (χ3v) is 3.84. The molecule has 0 aliphatic carbocycles. The van der Waals surface area contributed by atoms with Crippen molar-refractivity contribution in [2.45, 2.75) is 0 Å². The first-order valence-electron chi connectivity index (χ1n) is 6.56. The van der Waals surface area contributed by atoms with Crippen LogP contribution in [0, 0.1) is 4.91 Å². The van der Waals surface area contributed by atoms with Crippen LogP contribution in [0.2, 0.25) is 0 Å². The molecule has 3 heteroatoms. The molecule has 0 N–H and O–H groups in total. The molecule has 0 saturated carbocycles. The minimum absolute atomic E-state index is 0.449. The fourth-order valence-corrected chi connectivity index (χ4v) is 2.64. The summed E-state index contributed by atoms with van der Waals surface area (Å²) < 4.78 is 1.07. The average molecular weight is 338 g/mol. The summed E-state index contributed by atoms with van der Waals surface area (Å²) >= 11 is 3.49. The molecule has 3 aromatic rings. The lowest BCUT2D eigenvalue weighted by Gasteiger charge is -2.05. The van der Waals surface area contributed by atoms with Gasteiger partial charge in [-0.15, -0.1) is 4.91 Å². The first-order valence-corrected chi connectivity index (χ1v) is 7.35. The van der Waals surface area contributed by atoms with E-state index >= 15 is 0 Å². The molecule has 0 bridgehead atoms. The van der Waals surface area contributed by atoms with Crippen LogP contribution in [0.1, 0.15) is 0 Å². The molecule has 0 heterocycles. The zero-order valence-corrected chi connectivity index (χ0v) is 12.7. The standard InChI is InChI=1S/C18H12BrNO/c19-17-3-1-2-16(12-17)15-6-4-13(5-7-15)14-8-10-18(20-21)11-9-14/h1-12H. The topological polar surface area (TPSA) is 29.4 Å². The second-order valence-electron chi connectivity index (χ2n) is 4.73. The third kappa shape index (κ3) is 3.09. The normalized spacial score (nSPS) is 10.3. The van der Waals surface area contributed by atoms with Gasteiger partial charge in [-0.1, -0.05) is 64.5 Å². The lowest BCUT2D eigenvalue weighted by Crippen LogP contribution is -1.80. The van der Waals surface area contributed by atoms with Crippen LogP contribution in [0.25, 0.3) is 22.3 Å². The lowest BCUT2D eigenvalue weighted by molar-refractivity contribution is 1.49. The second-order valence-corrected chi connectivity index (χ2v) is 5.64. The SMILES string of the molecule is O=Nc1ccc(-c2ccc(-c3cccc(Br)c3)cc2)cc1. The van der Waals surface area contributed by atoms with Gasteiger partial charge in [-0.25, -0.2) is 0 Å². The van der Waals surface area contributed by atoms with Crippen LogP contribution in [0.15, 0.2) is 82.4 Å². The highest BCUT2D eigenvalue weighted by Crippen LogP contribution is 2.27. The van der Waals surface area contributed by atoms with Crippen LogP contribution in [0.5, 0.6) is 0 Å². The Morgan fingerprint density at radius 2 is 1.19 bits per heavy atom. The Kier molecular flexibility index (Phi) is 3.93. The van der Waals surface area contributed by atoms with Gasteiger partial charge in [-0.3, -0.25) is 0 Å². The quantitative estimate of drug-likeness (QED) is 0.524. The Balaban J connectivity index is 1.91. The lowest BCUT2D eigenvalue weighted by atomic mass is 10.0. The van der Waals surface area contributed by atoms with Crippen LogP contribution < -0.4 is 0 Å². The first-order chi connectivity index (χ1) is 10.3. The summed E-state index contributed by atoms with van der Waals surface area (Å²) in [4.78, 5) is 10.4. The highest BCUT2D eigenvalue weighted by molar-refractivity contribution is 9.10. The van der Waals surface area contributed by atoms with Crippen molar-refractivity contribution in [3.63, 3.8) is 0 Å². The maximum absolute atomic E-state index is 10.4. The average Bonchev–Trinajstić information content (AvgIpc) is 2.55. The van der Waals surface area contributed by atoms with E-state index in [0.717, 1.165) is 15.6 Å². The van der Waals surface area contributed by atoms with Crippen LogP contribution in [-0.4, -0.2) is 0 Å². The number of hydrogen-bond donors (Lipinski definition) is 0. The van der Waals surface area contributed by atoms with Crippen molar-refractivity contribution in [2.75, 3.05) is 0 Å². The number of hydrogen-bond acceptors (Lipinski definition) is 2. The van der Waals surface area contributed by atoms with Crippen LogP contribution in [0.4, 0.5) is 5.69 Å². The summed E-state index contributed by atoms with van der Waals surface area (Å²) in [6.45, 7) is 0. The molecule has 0 amide bonds. The minimum Gasteiger partial charge on any atom is -0.145 e. The number of nitrogens with zero attached hydrogens (tertiary/aromatic N) is 1. The summed E-state index contributed by atoms with van der Waals surface area (Å²) in [5, 5.41) is 2.91. The van der Waals surface area contributed by atoms with Crippen molar-refractivity contribution in [1.82, 2.24) is 0 Å². The number of benzene rings is 3. The van der Waals surface area contributed by atoms with E-state index in [-0.39, 0.29) is 0 Å². The van der Waals surface area contributed by atoms with Gasteiger partial charge in [0.2, 0.25) is 0 Å². The van der Waals surface area contributed by atoms with E-state index in [4.69, 9.17) is 0 Å². The van der Waals surface area contributed by atoms with Gasteiger partial charge in [0.25, 0.3) is 0 Å². The van der Waals surface area contributed by atoms with Gasteiger partial charge in [0.15, 0.2) is 0 Å². The van der Waals surface area contributed by atoms with Crippen LogP contribution in [0.3, 0.4) is 0 Å². The molecule has 3 aromatic carbocycles. The molecule has 0 aromatic heterocycles. The van der Waals surface area contributed by atoms with Gasteiger partial charge in [-0.2, -0.15) is 0 Å². The molecule has 3 rings (SSSR count). The highest BCUT2D eigenvalue weighted by atomic mass is 79.9. The summed E-state index contributed by atoms with van der Waals surface area (Å²) in [6, 6.07) is 23.9. The van der Waals surface area contributed by atoms with Gasteiger partial charge < -0.3 is 0 Å². The van der Waals surface area contributed by atoms with E-state index in [9.17, 15) is 4.91 Å². The molecule has 0 aliphatic rings. The van der Waals surface area contributed by atoms with Crippen molar-refractivity contribution in [1.29, 1.82) is 0 Å². The van der Waals surface area contributed by atoms with Crippen molar-refractivity contribution < 1.29 is 0 Å². The minimum atomic E-state index is 0.449. The molecule has 0 radical (unpaired) electrons. The van der Waals surface area contributed by atoms with Gasteiger partial charge in [0, 0.05) is 4.47 Å². The van der Waals surface area contributed by atoms with Gasteiger partial charge in [-0.05, 0) is 51.7 Å². The Morgan fingerprint density at radius 1 is 0.667 bits per heavy atom. The van der Waals surface area contributed by atoms with E-state index in [0.29, 0.717) is 5.69 Å². The first kappa shape index (κ1) is 13.7. The molecule has 0 aliphatic heterocycles. The van der Waals surface area contributed by atoms with E-state index < -0.39 is 0 Å². The summed E-state index contributed by atoms with van der Waals surface area (Å²) in [5.41, 5.74) is 4.99. The highest BCUT2D eigenvalue weighted by Gasteiger charge is 2.01. The third-order valence-electron chi connectivity index (χ3n) is 3.35. The Labute approximate surface area is 131 Å². The Hall–Kier alpha value is -2.26. The van der Waals surface area contributed by atoms with Crippen molar-refractivity contribution in [3.8, 4) is 22.3 Å². The van der Waals surface area contributed by atoms with Crippen LogP contribution >= 0.6 is 15.9 Å². The van der Waals surface area contributed by atoms with Crippen LogP contribution in [-0.2, 0) is 0 Å². The van der Waals surface area contributed by atoms with Crippen molar-refractivity contribution >= 4 is 21.6 Å². The number of nitroso groups, excluding NO2 is 1. The summed E-state index contributed by atoms with van der Waals surface area (Å²) in [6.07, 6.45) is 0. The smallest absolute Gasteiger partial charge is 0.108 e. The summed E-state index contributed by atoms with van der Waals surface area (Å²) in [7, 11) is 0. The predicted molar refractivity (Wildman–Crippen MR) is 90.5 cm³/mol. The second kappa shape index (κ2) is 6.02. The largest absolute Gasteiger partial charge is 0.145 e.